The van der Waals surface area contributed by atoms with Crippen molar-refractivity contribution in [1.29, 1.82) is 0 Å². The van der Waals surface area contributed by atoms with Gasteiger partial charge in [-0.25, -0.2) is 9.97 Å². The first-order chi connectivity index (χ1) is 8.26. The Morgan fingerprint density at radius 1 is 1.59 bits per heavy atom. The van der Waals surface area contributed by atoms with E-state index in [1.165, 1.54) is 12.7 Å². The first kappa shape index (κ1) is 12.8. The Hall–Kier alpha value is -0.680. The normalized spacial score (nSPS) is 20.4. The maximum absolute atomic E-state index is 6.07. The zero-order chi connectivity index (χ0) is 12.3. The summed E-state index contributed by atoms with van der Waals surface area (Å²) in [6.45, 7) is 4.28. The molecule has 1 aliphatic rings. The van der Waals surface area contributed by atoms with E-state index in [-0.39, 0.29) is 0 Å². The van der Waals surface area contributed by atoms with E-state index in [1.54, 1.807) is 0 Å². The van der Waals surface area contributed by atoms with Crippen molar-refractivity contribution in [2.24, 2.45) is 0 Å². The summed E-state index contributed by atoms with van der Waals surface area (Å²) in [4.78, 5) is 10.7. The SMILES string of the molecule is CCC1CN(c2ncnc(Cl)c2NC)CCS1. The van der Waals surface area contributed by atoms with Crippen LogP contribution in [0, 0.1) is 0 Å². The zero-order valence-corrected chi connectivity index (χ0v) is 11.7. The number of anilines is 2. The van der Waals surface area contributed by atoms with Crippen LogP contribution in [0.25, 0.3) is 0 Å². The van der Waals surface area contributed by atoms with E-state index in [2.05, 4.69) is 27.1 Å². The van der Waals surface area contributed by atoms with Gasteiger partial charge in [-0.2, -0.15) is 11.8 Å². The summed E-state index contributed by atoms with van der Waals surface area (Å²) in [5, 5.41) is 4.26. The van der Waals surface area contributed by atoms with Crippen LogP contribution in [0.15, 0.2) is 6.33 Å². The molecule has 1 saturated heterocycles. The third-order valence-corrected chi connectivity index (χ3v) is 4.58. The van der Waals surface area contributed by atoms with E-state index in [0.717, 1.165) is 30.3 Å². The maximum atomic E-state index is 6.07. The monoisotopic (exact) mass is 272 g/mol. The highest BCUT2D eigenvalue weighted by molar-refractivity contribution is 8.00. The summed E-state index contributed by atoms with van der Waals surface area (Å²) in [6.07, 6.45) is 2.72. The van der Waals surface area contributed by atoms with Crippen LogP contribution in [-0.2, 0) is 0 Å². The molecule has 0 spiro atoms. The highest BCUT2D eigenvalue weighted by Crippen LogP contribution is 2.32. The van der Waals surface area contributed by atoms with Gasteiger partial charge in [-0.1, -0.05) is 18.5 Å². The van der Waals surface area contributed by atoms with Gasteiger partial charge in [0.25, 0.3) is 0 Å². The predicted molar refractivity (Wildman–Crippen MR) is 75.3 cm³/mol. The van der Waals surface area contributed by atoms with E-state index in [1.807, 2.05) is 18.8 Å². The molecule has 2 rings (SSSR count). The molecule has 1 unspecified atom stereocenters. The minimum atomic E-state index is 0.490. The summed E-state index contributed by atoms with van der Waals surface area (Å²) in [7, 11) is 1.85. The van der Waals surface area contributed by atoms with Gasteiger partial charge < -0.3 is 10.2 Å². The van der Waals surface area contributed by atoms with Crippen LogP contribution in [0.5, 0.6) is 0 Å². The fourth-order valence-electron chi connectivity index (χ4n) is 1.97. The molecular formula is C11H17ClN4S. The second-order valence-electron chi connectivity index (χ2n) is 3.96. The van der Waals surface area contributed by atoms with Gasteiger partial charge in [-0.3, -0.25) is 0 Å². The van der Waals surface area contributed by atoms with Crippen LogP contribution in [0.1, 0.15) is 13.3 Å². The van der Waals surface area contributed by atoms with E-state index in [9.17, 15) is 0 Å². The molecule has 4 nitrogen and oxygen atoms in total. The van der Waals surface area contributed by atoms with Crippen molar-refractivity contribution in [2.45, 2.75) is 18.6 Å². The van der Waals surface area contributed by atoms with E-state index in [0.29, 0.717) is 10.4 Å². The number of nitrogens with zero attached hydrogens (tertiary/aromatic N) is 3. The molecule has 1 N–H and O–H groups in total. The third-order valence-electron chi connectivity index (χ3n) is 2.92. The lowest BCUT2D eigenvalue weighted by Crippen LogP contribution is -2.38. The van der Waals surface area contributed by atoms with Crippen LogP contribution < -0.4 is 10.2 Å². The first-order valence-corrected chi connectivity index (χ1v) is 7.23. The Bertz CT molecular complexity index is 388. The summed E-state index contributed by atoms with van der Waals surface area (Å²) in [5.41, 5.74) is 0.830. The second-order valence-corrected chi connectivity index (χ2v) is 5.73. The van der Waals surface area contributed by atoms with Crippen molar-refractivity contribution in [2.75, 3.05) is 36.1 Å². The Morgan fingerprint density at radius 3 is 3.12 bits per heavy atom. The highest BCUT2D eigenvalue weighted by atomic mass is 35.5. The molecule has 0 radical (unpaired) electrons. The molecule has 0 aliphatic carbocycles. The summed E-state index contributed by atoms with van der Waals surface area (Å²) in [5.74, 6) is 2.06. The van der Waals surface area contributed by atoms with Gasteiger partial charge in [-0.05, 0) is 6.42 Å². The summed E-state index contributed by atoms with van der Waals surface area (Å²) < 4.78 is 0. The first-order valence-electron chi connectivity index (χ1n) is 5.81. The zero-order valence-electron chi connectivity index (χ0n) is 10.1. The number of nitrogens with one attached hydrogen (secondary N) is 1. The molecule has 1 fully saturated rings. The van der Waals surface area contributed by atoms with Crippen LogP contribution >= 0.6 is 23.4 Å². The van der Waals surface area contributed by atoms with E-state index in [4.69, 9.17) is 11.6 Å². The topological polar surface area (TPSA) is 41.1 Å². The van der Waals surface area contributed by atoms with Gasteiger partial charge in [0, 0.05) is 31.1 Å². The van der Waals surface area contributed by atoms with E-state index >= 15 is 0 Å². The predicted octanol–water partition coefficient (Wildman–Crippen LogP) is 2.50. The fraction of sp³-hybridized carbons (Fsp3) is 0.636. The Balaban J connectivity index is 2.24. The minimum absolute atomic E-state index is 0.490. The lowest BCUT2D eigenvalue weighted by molar-refractivity contribution is 0.719. The molecule has 1 aromatic rings. The molecule has 1 atom stereocenters. The molecule has 1 aliphatic heterocycles. The van der Waals surface area contributed by atoms with Crippen molar-refractivity contribution >= 4 is 34.9 Å². The van der Waals surface area contributed by atoms with Crippen molar-refractivity contribution < 1.29 is 0 Å². The Morgan fingerprint density at radius 2 is 2.41 bits per heavy atom. The Kier molecular flexibility index (Phi) is 4.34. The summed E-state index contributed by atoms with van der Waals surface area (Å²) in [6, 6.07) is 0. The molecule has 17 heavy (non-hydrogen) atoms. The molecule has 1 aromatic heterocycles. The lowest BCUT2D eigenvalue weighted by Gasteiger charge is -2.33. The number of halogens is 1. The minimum Gasteiger partial charge on any atom is -0.383 e. The largest absolute Gasteiger partial charge is 0.383 e. The van der Waals surface area contributed by atoms with E-state index < -0.39 is 0 Å². The smallest absolute Gasteiger partial charge is 0.157 e. The molecule has 94 valence electrons. The molecule has 0 aromatic carbocycles. The number of hydrogen-bond acceptors (Lipinski definition) is 5. The van der Waals surface area contributed by atoms with Crippen molar-refractivity contribution in [3.63, 3.8) is 0 Å². The second kappa shape index (κ2) is 5.78. The standard InChI is InChI=1S/C11H17ClN4S/c1-3-8-6-16(4-5-17-8)11-9(13-2)10(12)14-7-15-11/h7-8,13H,3-6H2,1-2H3. The van der Waals surface area contributed by atoms with Gasteiger partial charge in [-0.15, -0.1) is 0 Å². The molecule has 0 amide bonds. The van der Waals surface area contributed by atoms with Crippen LogP contribution in [-0.4, -0.2) is 41.1 Å². The van der Waals surface area contributed by atoms with Gasteiger partial charge in [0.2, 0.25) is 0 Å². The number of thioether (sulfide) groups is 1. The average molecular weight is 273 g/mol. The number of rotatable bonds is 3. The number of aromatic nitrogens is 2. The Labute approximate surface area is 111 Å². The van der Waals surface area contributed by atoms with Crippen molar-refractivity contribution in [3.05, 3.63) is 11.5 Å². The average Bonchev–Trinajstić information content (AvgIpc) is 2.38. The maximum Gasteiger partial charge on any atom is 0.157 e. The molecule has 6 heteroatoms. The summed E-state index contributed by atoms with van der Waals surface area (Å²) >= 11 is 8.11. The quantitative estimate of drug-likeness (QED) is 0.857. The molecule has 0 bridgehead atoms. The van der Waals surface area contributed by atoms with Crippen molar-refractivity contribution in [3.8, 4) is 0 Å². The number of hydrogen-bond donors (Lipinski definition) is 1. The molecule has 2 heterocycles. The van der Waals surface area contributed by atoms with Crippen LogP contribution in [0.2, 0.25) is 5.15 Å². The van der Waals surface area contributed by atoms with Crippen LogP contribution in [0.4, 0.5) is 11.5 Å². The van der Waals surface area contributed by atoms with Gasteiger partial charge in [0.15, 0.2) is 11.0 Å². The van der Waals surface area contributed by atoms with Gasteiger partial charge in [0.1, 0.15) is 12.0 Å². The third kappa shape index (κ3) is 2.77. The lowest BCUT2D eigenvalue weighted by atomic mass is 10.3. The highest BCUT2D eigenvalue weighted by Gasteiger charge is 2.23. The fourth-order valence-corrected chi connectivity index (χ4v) is 3.37. The molecular weight excluding hydrogens is 256 g/mol. The van der Waals surface area contributed by atoms with Gasteiger partial charge >= 0.3 is 0 Å². The van der Waals surface area contributed by atoms with Gasteiger partial charge in [0.05, 0.1) is 0 Å². The van der Waals surface area contributed by atoms with Crippen molar-refractivity contribution in [1.82, 2.24) is 9.97 Å². The molecule has 0 saturated carbocycles. The van der Waals surface area contributed by atoms with Crippen LogP contribution in [0.3, 0.4) is 0 Å².